The Morgan fingerprint density at radius 2 is 1.45 bits per heavy atom. The second-order valence-corrected chi connectivity index (χ2v) is 4.94. The number of rotatable bonds is 1. The molecule has 0 radical (unpaired) electrons. The Morgan fingerprint density at radius 1 is 0.909 bits per heavy atom. The van der Waals surface area contributed by atoms with Crippen LogP contribution in [0.5, 0.6) is 0 Å². The van der Waals surface area contributed by atoms with E-state index in [4.69, 9.17) is 0 Å². The summed E-state index contributed by atoms with van der Waals surface area (Å²) in [5, 5.41) is 0. The molecular formula is C9H8Br2. The molecule has 2 rings (SSSR count). The summed E-state index contributed by atoms with van der Waals surface area (Å²) in [5.74, 6) is 0.677. The second kappa shape index (κ2) is 2.91. The van der Waals surface area contributed by atoms with E-state index in [0.29, 0.717) is 15.6 Å². The molecule has 1 saturated carbocycles. The van der Waals surface area contributed by atoms with Crippen molar-refractivity contribution in [1.82, 2.24) is 0 Å². The van der Waals surface area contributed by atoms with Gasteiger partial charge in [0.15, 0.2) is 0 Å². The molecule has 0 nitrogen and oxygen atoms in total. The fraction of sp³-hybridized carbons (Fsp3) is 0.333. The second-order valence-electron chi connectivity index (χ2n) is 2.83. The number of halogens is 2. The number of benzene rings is 1. The summed E-state index contributed by atoms with van der Waals surface area (Å²) >= 11 is 7.21. The van der Waals surface area contributed by atoms with Crippen molar-refractivity contribution in [2.45, 2.75) is 15.6 Å². The van der Waals surface area contributed by atoms with Crippen LogP contribution in [0, 0.1) is 0 Å². The predicted molar refractivity (Wildman–Crippen MR) is 54.6 cm³/mol. The van der Waals surface area contributed by atoms with Crippen LogP contribution in [0.3, 0.4) is 0 Å². The normalized spacial score (nSPS) is 35.3. The average Bonchev–Trinajstić information content (AvgIpc) is 2.62. The molecule has 0 bridgehead atoms. The Kier molecular flexibility index (Phi) is 2.06. The molecule has 1 aromatic rings. The molecule has 1 aromatic carbocycles. The lowest BCUT2D eigenvalue weighted by Crippen LogP contribution is -1.79. The fourth-order valence-corrected chi connectivity index (χ4v) is 3.27. The van der Waals surface area contributed by atoms with Crippen molar-refractivity contribution in [2.24, 2.45) is 0 Å². The van der Waals surface area contributed by atoms with Gasteiger partial charge in [-0.05, 0) is 5.56 Å². The van der Waals surface area contributed by atoms with Gasteiger partial charge in [0, 0.05) is 15.6 Å². The minimum absolute atomic E-state index is 0.630. The molecule has 0 saturated heterocycles. The maximum Gasteiger partial charge on any atom is 0.0357 e. The van der Waals surface area contributed by atoms with Crippen LogP contribution in [0.25, 0.3) is 0 Å². The van der Waals surface area contributed by atoms with E-state index in [9.17, 15) is 0 Å². The third-order valence-corrected chi connectivity index (χ3v) is 5.02. The van der Waals surface area contributed by atoms with Gasteiger partial charge in [-0.3, -0.25) is 0 Å². The van der Waals surface area contributed by atoms with Crippen LogP contribution in [-0.4, -0.2) is 9.65 Å². The zero-order valence-electron chi connectivity index (χ0n) is 5.87. The van der Waals surface area contributed by atoms with E-state index in [1.54, 1.807) is 0 Å². The molecule has 1 fully saturated rings. The van der Waals surface area contributed by atoms with E-state index in [2.05, 4.69) is 62.2 Å². The van der Waals surface area contributed by atoms with Crippen LogP contribution < -0.4 is 0 Å². The van der Waals surface area contributed by atoms with E-state index in [0.717, 1.165) is 0 Å². The number of hydrogen-bond acceptors (Lipinski definition) is 0. The molecule has 2 unspecified atom stereocenters. The summed E-state index contributed by atoms with van der Waals surface area (Å²) < 4.78 is 0. The van der Waals surface area contributed by atoms with Crippen molar-refractivity contribution in [2.75, 3.05) is 0 Å². The molecule has 1 aliphatic rings. The highest BCUT2D eigenvalue weighted by Gasteiger charge is 2.47. The van der Waals surface area contributed by atoms with E-state index in [1.165, 1.54) is 5.56 Å². The SMILES string of the molecule is BrC1C(Br)C1c1ccccc1. The van der Waals surface area contributed by atoms with Gasteiger partial charge < -0.3 is 0 Å². The van der Waals surface area contributed by atoms with Crippen LogP contribution >= 0.6 is 31.9 Å². The maximum absolute atomic E-state index is 3.60. The zero-order chi connectivity index (χ0) is 7.84. The molecule has 58 valence electrons. The molecule has 2 heteroatoms. The van der Waals surface area contributed by atoms with Gasteiger partial charge in [-0.2, -0.15) is 0 Å². The smallest absolute Gasteiger partial charge is 0.0357 e. The van der Waals surface area contributed by atoms with Crippen molar-refractivity contribution < 1.29 is 0 Å². The third kappa shape index (κ3) is 1.38. The Labute approximate surface area is 83.3 Å². The van der Waals surface area contributed by atoms with Gasteiger partial charge in [-0.15, -0.1) is 0 Å². The lowest BCUT2D eigenvalue weighted by Gasteiger charge is -1.94. The summed E-state index contributed by atoms with van der Waals surface area (Å²) in [6.07, 6.45) is 0. The first-order valence-corrected chi connectivity index (χ1v) is 5.47. The lowest BCUT2D eigenvalue weighted by molar-refractivity contribution is 1.15. The fourth-order valence-electron chi connectivity index (χ4n) is 1.28. The van der Waals surface area contributed by atoms with Crippen molar-refractivity contribution in [3.8, 4) is 0 Å². The van der Waals surface area contributed by atoms with Crippen molar-refractivity contribution in [1.29, 1.82) is 0 Å². The van der Waals surface area contributed by atoms with Crippen LogP contribution in [0.1, 0.15) is 11.5 Å². The quantitative estimate of drug-likeness (QED) is 0.690. The molecule has 0 amide bonds. The van der Waals surface area contributed by atoms with E-state index >= 15 is 0 Å². The first-order valence-electron chi connectivity index (χ1n) is 3.64. The average molecular weight is 276 g/mol. The molecule has 11 heavy (non-hydrogen) atoms. The standard InChI is InChI=1S/C9H8Br2/c10-8-7(9(8)11)6-4-2-1-3-5-6/h1-5,7-9H. The summed E-state index contributed by atoms with van der Waals surface area (Å²) in [5.41, 5.74) is 1.43. The topological polar surface area (TPSA) is 0 Å². The third-order valence-electron chi connectivity index (χ3n) is 2.03. The van der Waals surface area contributed by atoms with Gasteiger partial charge in [0.05, 0.1) is 0 Å². The highest BCUT2D eigenvalue weighted by molar-refractivity contribution is 9.13. The Balaban J connectivity index is 2.20. The Bertz CT molecular complexity index is 237. The van der Waals surface area contributed by atoms with Crippen LogP contribution in [-0.2, 0) is 0 Å². The van der Waals surface area contributed by atoms with Crippen LogP contribution in [0.15, 0.2) is 30.3 Å². The highest BCUT2D eigenvalue weighted by atomic mass is 79.9. The van der Waals surface area contributed by atoms with Crippen molar-refractivity contribution >= 4 is 31.9 Å². The summed E-state index contributed by atoms with van der Waals surface area (Å²) in [6, 6.07) is 10.6. The lowest BCUT2D eigenvalue weighted by atomic mass is 10.1. The highest BCUT2D eigenvalue weighted by Crippen LogP contribution is 2.51. The maximum atomic E-state index is 3.60. The molecule has 1 aliphatic carbocycles. The molecular weight excluding hydrogens is 268 g/mol. The summed E-state index contributed by atoms with van der Waals surface area (Å²) in [7, 11) is 0. The van der Waals surface area contributed by atoms with Crippen molar-refractivity contribution in [3.05, 3.63) is 35.9 Å². The van der Waals surface area contributed by atoms with E-state index in [-0.39, 0.29) is 0 Å². The minimum Gasteiger partial charge on any atom is -0.0871 e. The molecule has 0 N–H and O–H groups in total. The van der Waals surface area contributed by atoms with Crippen LogP contribution in [0.4, 0.5) is 0 Å². The molecule has 0 aliphatic heterocycles. The van der Waals surface area contributed by atoms with Crippen molar-refractivity contribution in [3.63, 3.8) is 0 Å². The Hall–Kier alpha value is 0.180. The molecule has 0 spiro atoms. The molecule has 0 heterocycles. The number of alkyl halides is 2. The van der Waals surface area contributed by atoms with Gasteiger partial charge in [0.2, 0.25) is 0 Å². The van der Waals surface area contributed by atoms with Gasteiger partial charge in [0.25, 0.3) is 0 Å². The predicted octanol–water partition coefficient (Wildman–Crippen LogP) is 3.31. The monoisotopic (exact) mass is 274 g/mol. The van der Waals surface area contributed by atoms with Gasteiger partial charge in [-0.1, -0.05) is 62.2 Å². The molecule has 0 aromatic heterocycles. The van der Waals surface area contributed by atoms with Crippen LogP contribution in [0.2, 0.25) is 0 Å². The first kappa shape index (κ1) is 7.81. The van der Waals surface area contributed by atoms with Gasteiger partial charge in [-0.25, -0.2) is 0 Å². The zero-order valence-corrected chi connectivity index (χ0v) is 9.05. The minimum atomic E-state index is 0.630. The first-order chi connectivity index (χ1) is 5.30. The Morgan fingerprint density at radius 3 is 1.91 bits per heavy atom. The van der Waals surface area contributed by atoms with E-state index < -0.39 is 0 Å². The van der Waals surface area contributed by atoms with Gasteiger partial charge >= 0.3 is 0 Å². The number of hydrogen-bond donors (Lipinski definition) is 0. The van der Waals surface area contributed by atoms with Gasteiger partial charge in [0.1, 0.15) is 0 Å². The largest absolute Gasteiger partial charge is 0.0871 e. The van der Waals surface area contributed by atoms with E-state index in [1.807, 2.05) is 0 Å². The molecule has 2 atom stereocenters. The summed E-state index contributed by atoms with van der Waals surface area (Å²) in [4.78, 5) is 1.26. The summed E-state index contributed by atoms with van der Waals surface area (Å²) in [6.45, 7) is 0.